The maximum atomic E-state index is 5.91. The molecule has 4 nitrogen and oxygen atoms in total. The topological polar surface area (TPSA) is 47.9 Å². The van der Waals surface area contributed by atoms with Gasteiger partial charge >= 0.3 is 0 Å². The zero-order chi connectivity index (χ0) is 19.8. The van der Waals surface area contributed by atoms with Gasteiger partial charge in [-0.15, -0.1) is 11.3 Å². The summed E-state index contributed by atoms with van der Waals surface area (Å²) in [6, 6.07) is 9.52. The fourth-order valence-electron chi connectivity index (χ4n) is 2.13. The zero-order valence-electron chi connectivity index (χ0n) is 13.4. The Balaban J connectivity index is 2.04. The SMILES string of the molecule is COc1ccc(-c2csc(-c3nc(C(Cl)(Cl)Cl)nc(C(Cl)(Cl)Cl)n3)c2)cc1. The summed E-state index contributed by atoms with van der Waals surface area (Å²) in [4.78, 5) is 13.1. The summed E-state index contributed by atoms with van der Waals surface area (Å²) in [5, 5.41) is 1.95. The summed E-state index contributed by atoms with van der Waals surface area (Å²) in [7, 11) is 1.61. The van der Waals surface area contributed by atoms with Crippen molar-refractivity contribution in [2.24, 2.45) is 0 Å². The number of benzene rings is 1. The first-order valence-electron chi connectivity index (χ1n) is 7.22. The number of halogens is 6. The van der Waals surface area contributed by atoms with Gasteiger partial charge in [0.05, 0.1) is 12.0 Å². The third kappa shape index (κ3) is 5.10. The Kier molecular flexibility index (Phi) is 6.33. The van der Waals surface area contributed by atoms with E-state index in [4.69, 9.17) is 74.3 Å². The molecule has 0 N–H and O–H groups in total. The minimum atomic E-state index is -1.89. The summed E-state index contributed by atoms with van der Waals surface area (Å²) < 4.78 is 1.39. The number of methoxy groups -OCH3 is 1. The van der Waals surface area contributed by atoms with E-state index in [1.807, 2.05) is 35.7 Å². The lowest BCUT2D eigenvalue weighted by Crippen LogP contribution is -2.16. The molecule has 0 spiro atoms. The van der Waals surface area contributed by atoms with Crippen LogP contribution < -0.4 is 4.74 Å². The van der Waals surface area contributed by atoms with E-state index in [-0.39, 0.29) is 17.5 Å². The van der Waals surface area contributed by atoms with Crippen molar-refractivity contribution in [3.63, 3.8) is 0 Å². The molecule has 3 rings (SSSR count). The molecule has 11 heteroatoms. The number of nitrogens with zero attached hydrogens (tertiary/aromatic N) is 3. The quantitative estimate of drug-likeness (QED) is 0.363. The minimum absolute atomic E-state index is 0.127. The molecular weight excluding hydrogens is 495 g/mol. The van der Waals surface area contributed by atoms with Crippen LogP contribution in [0.4, 0.5) is 0 Å². The number of alkyl halides is 6. The lowest BCUT2D eigenvalue weighted by Gasteiger charge is -2.15. The molecule has 3 aromatic rings. The molecule has 0 aliphatic carbocycles. The van der Waals surface area contributed by atoms with Crippen molar-refractivity contribution in [3.8, 4) is 27.6 Å². The van der Waals surface area contributed by atoms with Crippen LogP contribution in [-0.4, -0.2) is 22.1 Å². The molecule has 2 aromatic heterocycles. The minimum Gasteiger partial charge on any atom is -0.497 e. The first-order valence-corrected chi connectivity index (χ1v) is 10.4. The molecule has 0 saturated carbocycles. The molecule has 2 heterocycles. The maximum Gasteiger partial charge on any atom is 0.250 e. The Morgan fingerprint density at radius 3 is 1.85 bits per heavy atom. The van der Waals surface area contributed by atoms with E-state index in [9.17, 15) is 0 Å². The van der Waals surface area contributed by atoms with Gasteiger partial charge in [-0.25, -0.2) is 15.0 Å². The number of ether oxygens (including phenoxy) is 1. The van der Waals surface area contributed by atoms with Gasteiger partial charge in [-0.2, -0.15) is 0 Å². The highest BCUT2D eigenvalue weighted by molar-refractivity contribution is 7.13. The Labute approximate surface area is 189 Å². The second-order valence-electron chi connectivity index (χ2n) is 5.23. The van der Waals surface area contributed by atoms with Gasteiger partial charge in [0.1, 0.15) is 5.75 Å². The van der Waals surface area contributed by atoms with Crippen molar-refractivity contribution in [2.45, 2.75) is 7.59 Å². The molecule has 27 heavy (non-hydrogen) atoms. The molecule has 0 radical (unpaired) electrons. The Bertz CT molecular complexity index is 918. The molecule has 0 saturated heterocycles. The molecule has 1 aromatic carbocycles. The van der Waals surface area contributed by atoms with E-state index >= 15 is 0 Å². The fourth-order valence-corrected chi connectivity index (χ4v) is 3.48. The smallest absolute Gasteiger partial charge is 0.250 e. The van der Waals surface area contributed by atoms with E-state index in [1.54, 1.807) is 7.11 Å². The van der Waals surface area contributed by atoms with Crippen LogP contribution in [0.1, 0.15) is 11.6 Å². The Hall–Kier alpha value is -0.530. The van der Waals surface area contributed by atoms with E-state index in [0.29, 0.717) is 4.88 Å². The molecule has 0 unspecified atom stereocenters. The molecule has 0 aliphatic rings. The van der Waals surface area contributed by atoms with Crippen molar-refractivity contribution in [3.05, 3.63) is 47.4 Å². The lowest BCUT2D eigenvalue weighted by atomic mass is 10.1. The number of thiophene rings is 1. The van der Waals surface area contributed by atoms with Crippen LogP contribution in [0.5, 0.6) is 5.75 Å². The van der Waals surface area contributed by atoms with Crippen LogP contribution in [0.25, 0.3) is 21.8 Å². The van der Waals surface area contributed by atoms with E-state index in [1.165, 1.54) is 11.3 Å². The number of rotatable bonds is 3. The molecule has 0 aliphatic heterocycles. The third-order valence-electron chi connectivity index (χ3n) is 3.39. The fraction of sp³-hybridized carbons (Fsp3) is 0.188. The number of hydrogen-bond donors (Lipinski definition) is 0. The van der Waals surface area contributed by atoms with Crippen LogP contribution >= 0.6 is 80.9 Å². The van der Waals surface area contributed by atoms with Gasteiger partial charge in [-0.1, -0.05) is 81.7 Å². The highest BCUT2D eigenvalue weighted by atomic mass is 35.6. The van der Waals surface area contributed by atoms with E-state index < -0.39 is 7.59 Å². The highest BCUT2D eigenvalue weighted by Crippen LogP contribution is 2.41. The second kappa shape index (κ2) is 8.07. The maximum absolute atomic E-state index is 5.91. The van der Waals surface area contributed by atoms with Gasteiger partial charge in [0.2, 0.25) is 7.59 Å². The summed E-state index contributed by atoms with van der Waals surface area (Å²) >= 11 is 36.9. The summed E-state index contributed by atoms with van der Waals surface area (Å²) in [6.07, 6.45) is 0. The first-order chi connectivity index (χ1) is 12.6. The molecular formula is C16H9Cl6N3OS. The largest absolute Gasteiger partial charge is 0.497 e. The van der Waals surface area contributed by atoms with Crippen molar-refractivity contribution in [2.75, 3.05) is 7.11 Å². The second-order valence-corrected chi connectivity index (χ2v) is 10.7. The van der Waals surface area contributed by atoms with Gasteiger partial charge in [-0.3, -0.25) is 0 Å². The first kappa shape index (κ1) is 21.2. The van der Waals surface area contributed by atoms with Crippen LogP contribution in [0.15, 0.2) is 35.7 Å². The third-order valence-corrected chi connectivity index (χ3v) is 5.33. The summed E-state index contributed by atoms with van der Waals surface area (Å²) in [5.41, 5.74) is 1.96. The number of hydrogen-bond acceptors (Lipinski definition) is 5. The van der Waals surface area contributed by atoms with Gasteiger partial charge < -0.3 is 4.74 Å². The van der Waals surface area contributed by atoms with Gasteiger partial charge in [0.15, 0.2) is 17.5 Å². The molecule has 0 amide bonds. The van der Waals surface area contributed by atoms with E-state index in [2.05, 4.69) is 15.0 Å². The van der Waals surface area contributed by atoms with E-state index in [0.717, 1.165) is 16.9 Å². The van der Waals surface area contributed by atoms with Gasteiger partial charge in [-0.05, 0) is 34.7 Å². The average molecular weight is 504 g/mol. The molecule has 0 bridgehead atoms. The van der Waals surface area contributed by atoms with Crippen LogP contribution in [-0.2, 0) is 7.59 Å². The normalized spacial score (nSPS) is 12.3. The Morgan fingerprint density at radius 1 is 0.815 bits per heavy atom. The summed E-state index contributed by atoms with van der Waals surface area (Å²) in [6.45, 7) is 0. The van der Waals surface area contributed by atoms with Crippen molar-refractivity contribution in [1.29, 1.82) is 0 Å². The Morgan fingerprint density at radius 2 is 1.37 bits per heavy atom. The zero-order valence-corrected chi connectivity index (χ0v) is 18.7. The molecule has 142 valence electrons. The summed E-state index contributed by atoms with van der Waals surface area (Å²) in [5.74, 6) is 0.764. The van der Waals surface area contributed by atoms with Crippen LogP contribution in [0.3, 0.4) is 0 Å². The van der Waals surface area contributed by atoms with Crippen molar-refractivity contribution < 1.29 is 4.74 Å². The lowest BCUT2D eigenvalue weighted by molar-refractivity contribution is 0.415. The predicted molar refractivity (Wildman–Crippen MR) is 114 cm³/mol. The standard InChI is InChI=1S/C16H9Cl6N3OS/c1-26-10-4-2-8(3-5-10)9-6-11(27-7-9)12-23-13(15(17,18)19)25-14(24-12)16(20,21)22/h2-7H,1H3. The number of aromatic nitrogens is 3. The van der Waals surface area contributed by atoms with Crippen LogP contribution in [0.2, 0.25) is 0 Å². The molecule has 0 fully saturated rings. The monoisotopic (exact) mass is 501 g/mol. The van der Waals surface area contributed by atoms with Gasteiger partial charge in [0, 0.05) is 0 Å². The van der Waals surface area contributed by atoms with Crippen molar-refractivity contribution in [1.82, 2.24) is 15.0 Å². The van der Waals surface area contributed by atoms with Crippen LogP contribution in [0, 0.1) is 0 Å². The van der Waals surface area contributed by atoms with Crippen molar-refractivity contribution >= 4 is 80.9 Å². The van der Waals surface area contributed by atoms with Gasteiger partial charge in [0.25, 0.3) is 0 Å². The molecule has 0 atom stereocenters. The highest BCUT2D eigenvalue weighted by Gasteiger charge is 2.34. The predicted octanol–water partition coefficient (Wildman–Crippen LogP) is 6.93. The average Bonchev–Trinajstić information content (AvgIpc) is 3.10.